The van der Waals surface area contributed by atoms with Crippen LogP contribution in [-0.2, 0) is 0 Å². The monoisotopic (exact) mass is 211 g/mol. The standard InChI is InChI=1S/C13H9NO2/c15-12(10-6-2-1-3-7-10)13(16)11-8-4-5-9-14-11/h1-9H. The van der Waals surface area contributed by atoms with Gasteiger partial charge in [0.05, 0.1) is 0 Å². The third kappa shape index (κ3) is 2.03. The van der Waals surface area contributed by atoms with Crippen molar-refractivity contribution in [2.45, 2.75) is 0 Å². The molecule has 78 valence electrons. The van der Waals surface area contributed by atoms with E-state index in [0.717, 1.165) is 0 Å². The highest BCUT2D eigenvalue weighted by Gasteiger charge is 2.18. The quantitative estimate of drug-likeness (QED) is 0.577. The lowest BCUT2D eigenvalue weighted by atomic mass is 10.1. The lowest BCUT2D eigenvalue weighted by Crippen LogP contribution is -2.15. The van der Waals surface area contributed by atoms with Gasteiger partial charge in [0, 0.05) is 11.8 Å². The molecule has 0 unspecified atom stereocenters. The summed E-state index contributed by atoms with van der Waals surface area (Å²) in [6, 6.07) is 13.4. The average molecular weight is 211 g/mol. The van der Waals surface area contributed by atoms with Gasteiger partial charge in [-0.25, -0.2) is 0 Å². The minimum absolute atomic E-state index is 0.177. The number of carbonyl (C=O) groups excluding carboxylic acids is 2. The number of benzene rings is 1. The largest absolute Gasteiger partial charge is 0.285 e. The highest BCUT2D eigenvalue weighted by Crippen LogP contribution is 2.05. The summed E-state index contributed by atoms with van der Waals surface area (Å²) >= 11 is 0. The SMILES string of the molecule is O=C(C(=O)c1ccccn1)c1ccccc1. The molecule has 1 heterocycles. The molecule has 2 aromatic rings. The van der Waals surface area contributed by atoms with Crippen LogP contribution in [0.3, 0.4) is 0 Å². The third-order valence-electron chi connectivity index (χ3n) is 2.14. The Labute approximate surface area is 92.8 Å². The number of aromatic nitrogens is 1. The van der Waals surface area contributed by atoms with Gasteiger partial charge in [0.15, 0.2) is 0 Å². The molecule has 16 heavy (non-hydrogen) atoms. The van der Waals surface area contributed by atoms with Gasteiger partial charge in [-0.1, -0.05) is 36.4 Å². The van der Waals surface area contributed by atoms with Gasteiger partial charge in [-0.05, 0) is 12.1 Å². The molecule has 0 fully saturated rings. The van der Waals surface area contributed by atoms with Crippen molar-refractivity contribution >= 4 is 11.6 Å². The molecule has 0 saturated heterocycles. The molecule has 0 spiro atoms. The van der Waals surface area contributed by atoms with Crippen LogP contribution in [0.1, 0.15) is 20.8 Å². The second-order valence-corrected chi connectivity index (χ2v) is 3.24. The first-order chi connectivity index (χ1) is 7.79. The Hall–Kier alpha value is -2.29. The first kappa shape index (κ1) is 10.2. The van der Waals surface area contributed by atoms with Crippen molar-refractivity contribution in [2.75, 3.05) is 0 Å². The number of carbonyl (C=O) groups is 2. The summed E-state index contributed by atoms with van der Waals surface area (Å²) in [6.07, 6.45) is 1.49. The summed E-state index contributed by atoms with van der Waals surface area (Å²) in [7, 11) is 0. The minimum Gasteiger partial charge on any atom is -0.285 e. The normalized spacial score (nSPS) is 9.75. The van der Waals surface area contributed by atoms with Crippen LogP contribution in [0.4, 0.5) is 0 Å². The molecular weight excluding hydrogens is 202 g/mol. The summed E-state index contributed by atoms with van der Waals surface area (Å²) in [6.45, 7) is 0. The summed E-state index contributed by atoms with van der Waals surface area (Å²) < 4.78 is 0. The fourth-order valence-corrected chi connectivity index (χ4v) is 1.33. The van der Waals surface area contributed by atoms with Crippen molar-refractivity contribution in [3.05, 3.63) is 66.0 Å². The third-order valence-corrected chi connectivity index (χ3v) is 2.14. The Morgan fingerprint density at radius 1 is 0.812 bits per heavy atom. The van der Waals surface area contributed by atoms with Crippen molar-refractivity contribution in [3.8, 4) is 0 Å². The zero-order valence-corrected chi connectivity index (χ0v) is 8.46. The Morgan fingerprint density at radius 3 is 2.12 bits per heavy atom. The number of nitrogens with zero attached hydrogens (tertiary/aromatic N) is 1. The lowest BCUT2D eigenvalue weighted by Gasteiger charge is -1.98. The fourth-order valence-electron chi connectivity index (χ4n) is 1.33. The maximum atomic E-state index is 11.8. The summed E-state index contributed by atoms with van der Waals surface area (Å²) in [5.74, 6) is -1.11. The lowest BCUT2D eigenvalue weighted by molar-refractivity contribution is 0.0814. The van der Waals surface area contributed by atoms with E-state index in [1.54, 1.807) is 42.5 Å². The maximum Gasteiger partial charge on any atom is 0.251 e. The summed E-state index contributed by atoms with van der Waals surface area (Å²) in [5, 5.41) is 0. The van der Waals surface area contributed by atoms with E-state index in [1.807, 2.05) is 0 Å². The fraction of sp³-hybridized carbons (Fsp3) is 0. The number of rotatable bonds is 3. The van der Waals surface area contributed by atoms with Crippen molar-refractivity contribution in [2.24, 2.45) is 0 Å². The van der Waals surface area contributed by atoms with Crippen molar-refractivity contribution < 1.29 is 9.59 Å². The van der Waals surface area contributed by atoms with Crippen LogP contribution in [0.15, 0.2) is 54.7 Å². The van der Waals surface area contributed by atoms with E-state index in [-0.39, 0.29) is 5.69 Å². The molecule has 0 amide bonds. The molecule has 1 aromatic carbocycles. The van der Waals surface area contributed by atoms with Gasteiger partial charge in [0.25, 0.3) is 5.78 Å². The predicted molar refractivity (Wildman–Crippen MR) is 59.3 cm³/mol. The Morgan fingerprint density at radius 2 is 1.50 bits per heavy atom. The van der Waals surface area contributed by atoms with Crippen LogP contribution < -0.4 is 0 Å². The second kappa shape index (κ2) is 4.49. The van der Waals surface area contributed by atoms with Crippen LogP contribution in [0.2, 0.25) is 0 Å². The van der Waals surface area contributed by atoms with Crippen LogP contribution >= 0.6 is 0 Å². The zero-order valence-electron chi connectivity index (χ0n) is 8.46. The van der Waals surface area contributed by atoms with E-state index in [2.05, 4.69) is 4.98 Å². The topological polar surface area (TPSA) is 47.0 Å². The molecule has 0 radical (unpaired) electrons. The predicted octanol–water partition coefficient (Wildman–Crippen LogP) is 2.15. The van der Waals surface area contributed by atoms with Crippen molar-refractivity contribution in [1.82, 2.24) is 4.98 Å². The Bertz CT molecular complexity index is 456. The Balaban J connectivity index is 2.28. The molecule has 0 N–H and O–H groups in total. The van der Waals surface area contributed by atoms with Crippen molar-refractivity contribution in [1.29, 1.82) is 0 Å². The average Bonchev–Trinajstić information content (AvgIpc) is 2.39. The van der Waals surface area contributed by atoms with Gasteiger partial charge in [-0.3, -0.25) is 14.6 Å². The molecule has 1 aromatic heterocycles. The number of pyridine rings is 1. The molecule has 0 aliphatic rings. The molecule has 0 aliphatic heterocycles. The molecule has 2 rings (SSSR count). The maximum absolute atomic E-state index is 11.8. The van der Waals surface area contributed by atoms with E-state index in [1.165, 1.54) is 12.3 Å². The number of hydrogen-bond donors (Lipinski definition) is 0. The van der Waals surface area contributed by atoms with Gasteiger partial charge in [-0.15, -0.1) is 0 Å². The smallest absolute Gasteiger partial charge is 0.251 e. The minimum atomic E-state index is -0.577. The van der Waals surface area contributed by atoms with Crippen LogP contribution in [0.5, 0.6) is 0 Å². The van der Waals surface area contributed by atoms with E-state index < -0.39 is 11.6 Å². The van der Waals surface area contributed by atoms with Crippen molar-refractivity contribution in [3.63, 3.8) is 0 Å². The van der Waals surface area contributed by atoms with Gasteiger partial charge in [-0.2, -0.15) is 0 Å². The number of Topliss-reactive ketones (excluding diaryl/α,β-unsaturated/α-hetero) is 2. The molecule has 0 bridgehead atoms. The van der Waals surface area contributed by atoms with Crippen LogP contribution in [0, 0.1) is 0 Å². The summed E-state index contributed by atoms with van der Waals surface area (Å²) in [4.78, 5) is 27.3. The molecular formula is C13H9NO2. The first-order valence-electron chi connectivity index (χ1n) is 4.84. The molecule has 0 atom stereocenters. The van der Waals surface area contributed by atoms with Gasteiger partial charge in [0.2, 0.25) is 5.78 Å². The Kier molecular flexibility index (Phi) is 2.87. The van der Waals surface area contributed by atoms with E-state index in [0.29, 0.717) is 5.56 Å². The van der Waals surface area contributed by atoms with Gasteiger partial charge in [0.1, 0.15) is 5.69 Å². The number of hydrogen-bond acceptors (Lipinski definition) is 3. The van der Waals surface area contributed by atoms with E-state index in [4.69, 9.17) is 0 Å². The van der Waals surface area contributed by atoms with Crippen LogP contribution in [-0.4, -0.2) is 16.6 Å². The van der Waals surface area contributed by atoms with Gasteiger partial charge >= 0.3 is 0 Å². The van der Waals surface area contributed by atoms with E-state index in [9.17, 15) is 9.59 Å². The zero-order chi connectivity index (χ0) is 11.4. The molecule has 0 saturated carbocycles. The van der Waals surface area contributed by atoms with Gasteiger partial charge < -0.3 is 0 Å². The van der Waals surface area contributed by atoms with Crippen LogP contribution in [0.25, 0.3) is 0 Å². The first-order valence-corrected chi connectivity index (χ1v) is 4.84. The highest BCUT2D eigenvalue weighted by molar-refractivity contribution is 6.48. The number of ketones is 2. The van der Waals surface area contributed by atoms with E-state index >= 15 is 0 Å². The molecule has 3 heteroatoms. The molecule has 3 nitrogen and oxygen atoms in total. The highest BCUT2D eigenvalue weighted by atomic mass is 16.2. The second-order valence-electron chi connectivity index (χ2n) is 3.24. The summed E-state index contributed by atoms with van der Waals surface area (Å²) in [5.41, 5.74) is 0.564. The molecule has 0 aliphatic carbocycles.